The van der Waals surface area contributed by atoms with E-state index in [0.29, 0.717) is 25.3 Å². The van der Waals surface area contributed by atoms with E-state index in [4.69, 9.17) is 15.2 Å². The van der Waals surface area contributed by atoms with Gasteiger partial charge in [-0.05, 0) is 48.6 Å². The molecular weight excluding hydrogens is 482 g/mol. The van der Waals surface area contributed by atoms with Crippen molar-refractivity contribution in [1.82, 2.24) is 9.62 Å². The number of nitrogens with one attached hydrogen (secondary N) is 1. The molecule has 1 aliphatic rings. The summed E-state index contributed by atoms with van der Waals surface area (Å²) in [6.07, 6.45) is -0.222. The molecule has 10 heteroatoms. The van der Waals surface area contributed by atoms with Crippen molar-refractivity contribution in [3.8, 4) is 0 Å². The van der Waals surface area contributed by atoms with Crippen LogP contribution >= 0.6 is 0 Å². The highest BCUT2D eigenvalue weighted by Gasteiger charge is 2.31. The number of carbonyl (C=O) groups is 1. The molecule has 0 saturated carbocycles. The predicted octanol–water partition coefficient (Wildman–Crippen LogP) is 1.81. The van der Waals surface area contributed by atoms with Crippen LogP contribution in [-0.2, 0) is 30.7 Å². The van der Waals surface area contributed by atoms with Crippen molar-refractivity contribution < 1.29 is 27.8 Å². The van der Waals surface area contributed by atoms with E-state index >= 15 is 0 Å². The fraction of sp³-hybridized carbons (Fsp3) is 0.500. The number of amides is 1. The maximum Gasteiger partial charge on any atom is 0.246 e. The highest BCUT2D eigenvalue weighted by atomic mass is 32.2. The summed E-state index contributed by atoms with van der Waals surface area (Å²) in [7, 11) is -3.90. The number of hydrogen-bond acceptors (Lipinski definition) is 7. The van der Waals surface area contributed by atoms with Gasteiger partial charge in [-0.1, -0.05) is 44.2 Å². The van der Waals surface area contributed by atoms with Crippen LogP contribution in [0.5, 0.6) is 0 Å². The molecule has 36 heavy (non-hydrogen) atoms. The minimum absolute atomic E-state index is 0.0185. The fourth-order valence-electron chi connectivity index (χ4n) is 4.04. The third-order valence-corrected chi connectivity index (χ3v) is 7.77. The van der Waals surface area contributed by atoms with E-state index in [1.807, 2.05) is 44.2 Å². The van der Waals surface area contributed by atoms with Gasteiger partial charge in [-0.3, -0.25) is 4.79 Å². The molecular formula is C26H37N3O6S. The second kappa shape index (κ2) is 13.2. The van der Waals surface area contributed by atoms with E-state index in [0.717, 1.165) is 12.0 Å². The van der Waals surface area contributed by atoms with Gasteiger partial charge in [-0.15, -0.1) is 0 Å². The molecule has 0 aliphatic carbocycles. The molecule has 1 saturated heterocycles. The Kier molecular flexibility index (Phi) is 10.3. The Morgan fingerprint density at radius 3 is 2.47 bits per heavy atom. The molecule has 2 aromatic carbocycles. The summed E-state index contributed by atoms with van der Waals surface area (Å²) in [6, 6.07) is 14.7. The minimum atomic E-state index is -3.90. The topological polar surface area (TPSA) is 131 Å². The van der Waals surface area contributed by atoms with E-state index in [-0.39, 0.29) is 42.5 Å². The Morgan fingerprint density at radius 2 is 1.86 bits per heavy atom. The molecule has 4 N–H and O–H groups in total. The van der Waals surface area contributed by atoms with Crippen molar-refractivity contribution in [2.24, 2.45) is 5.92 Å². The molecule has 3 rings (SSSR count). The maximum absolute atomic E-state index is 13.4. The lowest BCUT2D eigenvalue weighted by Gasteiger charge is -2.31. The van der Waals surface area contributed by atoms with Gasteiger partial charge in [-0.25, -0.2) is 8.42 Å². The Balaban J connectivity index is 1.76. The average molecular weight is 520 g/mol. The molecule has 0 aromatic heterocycles. The van der Waals surface area contributed by atoms with Gasteiger partial charge in [0, 0.05) is 25.4 Å². The van der Waals surface area contributed by atoms with Gasteiger partial charge in [0.1, 0.15) is 6.61 Å². The molecule has 1 heterocycles. The fourth-order valence-corrected chi connectivity index (χ4v) is 5.66. The zero-order chi connectivity index (χ0) is 26.1. The number of nitrogen functional groups attached to an aromatic ring is 1. The van der Waals surface area contributed by atoms with Gasteiger partial charge < -0.3 is 25.6 Å². The average Bonchev–Trinajstić information content (AvgIpc) is 3.36. The second-order valence-corrected chi connectivity index (χ2v) is 11.5. The van der Waals surface area contributed by atoms with E-state index < -0.39 is 22.2 Å². The summed E-state index contributed by atoms with van der Waals surface area (Å²) in [5, 5.41) is 14.1. The summed E-state index contributed by atoms with van der Waals surface area (Å²) >= 11 is 0. The summed E-state index contributed by atoms with van der Waals surface area (Å²) in [5.74, 6) is -0.358. The molecule has 0 spiro atoms. The zero-order valence-electron chi connectivity index (χ0n) is 20.9. The lowest BCUT2D eigenvalue weighted by atomic mass is 10.0. The predicted molar refractivity (Wildman–Crippen MR) is 138 cm³/mol. The monoisotopic (exact) mass is 519 g/mol. The molecule has 1 fully saturated rings. The van der Waals surface area contributed by atoms with Gasteiger partial charge in [0.25, 0.3) is 0 Å². The van der Waals surface area contributed by atoms with Crippen LogP contribution in [0.2, 0.25) is 0 Å². The third kappa shape index (κ3) is 8.28. The highest BCUT2D eigenvalue weighted by molar-refractivity contribution is 7.89. The number of carbonyl (C=O) groups excluding carboxylic acids is 1. The van der Waals surface area contributed by atoms with E-state index in [9.17, 15) is 18.3 Å². The molecule has 198 valence electrons. The van der Waals surface area contributed by atoms with Crippen molar-refractivity contribution in [2.45, 2.75) is 49.8 Å². The Labute approximate surface area is 213 Å². The molecule has 9 nitrogen and oxygen atoms in total. The van der Waals surface area contributed by atoms with Gasteiger partial charge in [0.15, 0.2) is 0 Å². The van der Waals surface area contributed by atoms with Crippen molar-refractivity contribution >= 4 is 21.6 Å². The number of rotatable bonds is 13. The molecule has 3 atom stereocenters. The van der Waals surface area contributed by atoms with Gasteiger partial charge in [0.2, 0.25) is 15.9 Å². The Bertz CT molecular complexity index is 1060. The quantitative estimate of drug-likeness (QED) is 0.344. The van der Waals surface area contributed by atoms with Crippen LogP contribution in [0.3, 0.4) is 0 Å². The first-order chi connectivity index (χ1) is 17.1. The largest absolute Gasteiger partial charge is 0.399 e. The number of sulfonamides is 1. The first kappa shape index (κ1) is 28.1. The number of benzene rings is 2. The standard InChI is InChI=1S/C26H37N3O6S/c1-19(2)15-29(36(32,33)23-10-8-21(27)9-11-23)16-25(30)24(14-20-6-4-3-5-7-20)28-26(31)18-35-22-12-13-34-17-22/h3-11,19,22,24-25,30H,12-18,27H2,1-2H3,(H,28,31)/t22-,24-,25+/m0/s1. The molecule has 0 bridgehead atoms. The lowest BCUT2D eigenvalue weighted by Crippen LogP contribution is -2.51. The molecule has 1 aliphatic heterocycles. The second-order valence-electron chi connectivity index (χ2n) is 9.51. The van der Waals surface area contributed by atoms with Crippen molar-refractivity contribution in [3.05, 3.63) is 60.2 Å². The van der Waals surface area contributed by atoms with Gasteiger partial charge >= 0.3 is 0 Å². The number of aliphatic hydroxyl groups is 1. The molecule has 0 radical (unpaired) electrons. The van der Waals surface area contributed by atoms with Crippen LogP contribution in [0.1, 0.15) is 25.8 Å². The van der Waals surface area contributed by atoms with E-state index in [1.54, 1.807) is 0 Å². The van der Waals surface area contributed by atoms with Crippen LogP contribution in [0.25, 0.3) is 0 Å². The maximum atomic E-state index is 13.4. The van der Waals surface area contributed by atoms with Crippen LogP contribution < -0.4 is 11.1 Å². The number of aliphatic hydroxyl groups excluding tert-OH is 1. The zero-order valence-corrected chi connectivity index (χ0v) is 21.7. The van der Waals surface area contributed by atoms with Gasteiger partial charge in [-0.2, -0.15) is 4.31 Å². The molecule has 2 aromatic rings. The van der Waals surface area contributed by atoms with Crippen LogP contribution in [0.4, 0.5) is 5.69 Å². The number of nitrogens with two attached hydrogens (primary N) is 1. The summed E-state index contributed by atoms with van der Waals surface area (Å²) in [6.45, 7) is 4.74. The number of hydrogen-bond donors (Lipinski definition) is 3. The Hall–Kier alpha value is -2.50. The Morgan fingerprint density at radius 1 is 1.17 bits per heavy atom. The smallest absolute Gasteiger partial charge is 0.246 e. The first-order valence-electron chi connectivity index (χ1n) is 12.2. The van der Waals surface area contributed by atoms with E-state index in [2.05, 4.69) is 5.32 Å². The normalized spacial score (nSPS) is 17.9. The molecule has 1 amide bonds. The lowest BCUT2D eigenvalue weighted by molar-refractivity contribution is -0.129. The van der Waals surface area contributed by atoms with Crippen molar-refractivity contribution in [1.29, 1.82) is 0 Å². The summed E-state index contributed by atoms with van der Waals surface area (Å²) in [4.78, 5) is 12.8. The van der Waals surface area contributed by atoms with Crippen LogP contribution in [0.15, 0.2) is 59.5 Å². The summed E-state index contributed by atoms with van der Waals surface area (Å²) in [5.41, 5.74) is 7.09. The number of nitrogens with zero attached hydrogens (tertiary/aromatic N) is 1. The summed E-state index contributed by atoms with van der Waals surface area (Å²) < 4.78 is 39.0. The van der Waals surface area contributed by atoms with Crippen molar-refractivity contribution in [2.75, 3.05) is 38.6 Å². The minimum Gasteiger partial charge on any atom is -0.399 e. The number of ether oxygens (including phenoxy) is 2. The SMILES string of the molecule is CC(C)CN(C[C@@H](O)[C@H](Cc1ccccc1)NC(=O)CO[C@H]1CCOC1)S(=O)(=O)c1ccc(N)cc1. The van der Waals surface area contributed by atoms with E-state index in [1.165, 1.54) is 28.6 Å². The third-order valence-electron chi connectivity index (χ3n) is 5.92. The van der Waals surface area contributed by atoms with Gasteiger partial charge in [0.05, 0.1) is 29.8 Å². The van der Waals surface area contributed by atoms with Crippen LogP contribution in [-0.4, -0.2) is 74.9 Å². The number of anilines is 1. The van der Waals surface area contributed by atoms with Crippen LogP contribution in [0, 0.1) is 5.92 Å². The highest BCUT2D eigenvalue weighted by Crippen LogP contribution is 2.20. The van der Waals surface area contributed by atoms with Crippen molar-refractivity contribution in [3.63, 3.8) is 0 Å². The first-order valence-corrected chi connectivity index (χ1v) is 13.7. The molecule has 0 unspecified atom stereocenters.